The average Bonchev–Trinajstić information content (AvgIpc) is 3.29. The Balaban J connectivity index is 2.26. The quantitative estimate of drug-likeness (QED) is 0.670. The van der Waals surface area contributed by atoms with E-state index in [1.54, 1.807) is 12.1 Å². The van der Waals surface area contributed by atoms with Crippen molar-refractivity contribution in [3.05, 3.63) is 42.5 Å². The Bertz CT molecular complexity index is 582. The molecule has 2 rings (SSSR count). The van der Waals surface area contributed by atoms with Gasteiger partial charge in [-0.3, -0.25) is 0 Å². The molecule has 1 fully saturated rings. The molecule has 1 aromatic rings. The molecule has 1 aromatic carbocycles. The number of nitrogens with one attached hydrogen (secondary N) is 1. The first-order valence-corrected chi connectivity index (χ1v) is 8.56. The highest BCUT2D eigenvalue weighted by Gasteiger charge is 2.26. The lowest BCUT2D eigenvalue weighted by molar-refractivity contribution is 0.260. The summed E-state index contributed by atoms with van der Waals surface area (Å²) >= 11 is 0. The zero-order valence-electron chi connectivity index (χ0n) is 12.0. The highest BCUT2D eigenvalue weighted by atomic mass is 32.2. The van der Waals surface area contributed by atoms with Crippen molar-refractivity contribution in [1.29, 1.82) is 0 Å². The number of benzene rings is 1. The van der Waals surface area contributed by atoms with Gasteiger partial charge >= 0.3 is 0 Å². The second-order valence-corrected chi connectivity index (χ2v) is 7.04. The summed E-state index contributed by atoms with van der Waals surface area (Å²) in [5.74, 6) is 0. The third-order valence-electron chi connectivity index (χ3n) is 3.43. The minimum Gasteiger partial charge on any atom is -0.395 e. The molecule has 0 heterocycles. The van der Waals surface area contributed by atoms with Crippen LogP contribution in [0.4, 0.5) is 0 Å². The lowest BCUT2D eigenvalue weighted by Gasteiger charge is -2.21. The number of hydrogen-bond acceptors (Lipinski definition) is 4. The standard InChI is InChI=1S/C15H22N2O3S/c1-2-9-17(10-11-18)21(19,20)15-6-4-3-5-13(15)12-16-14-7-8-14/h2-6,14,16,18H,1,7-12H2. The molecule has 116 valence electrons. The maximum absolute atomic E-state index is 12.7. The van der Waals surface area contributed by atoms with Crippen molar-refractivity contribution in [3.63, 3.8) is 0 Å². The Labute approximate surface area is 126 Å². The average molecular weight is 310 g/mol. The molecule has 0 unspecified atom stereocenters. The van der Waals surface area contributed by atoms with Gasteiger partial charge in [-0.05, 0) is 24.5 Å². The molecular weight excluding hydrogens is 288 g/mol. The van der Waals surface area contributed by atoms with Crippen LogP contribution in [-0.2, 0) is 16.6 Å². The molecule has 5 nitrogen and oxygen atoms in total. The lowest BCUT2D eigenvalue weighted by Crippen LogP contribution is -2.34. The van der Waals surface area contributed by atoms with Crippen LogP contribution in [0.15, 0.2) is 41.8 Å². The SMILES string of the molecule is C=CCN(CCO)S(=O)(=O)c1ccccc1CNC1CC1. The second-order valence-electron chi connectivity index (χ2n) is 5.14. The summed E-state index contributed by atoms with van der Waals surface area (Å²) in [4.78, 5) is 0.299. The number of sulfonamides is 1. The van der Waals surface area contributed by atoms with Crippen LogP contribution in [-0.4, -0.2) is 43.6 Å². The summed E-state index contributed by atoms with van der Waals surface area (Å²) in [5, 5.41) is 12.4. The Kier molecular flexibility index (Phi) is 5.52. The van der Waals surface area contributed by atoms with Crippen LogP contribution in [0.5, 0.6) is 0 Å². The molecule has 2 N–H and O–H groups in total. The van der Waals surface area contributed by atoms with Crippen molar-refractivity contribution in [2.75, 3.05) is 19.7 Å². The van der Waals surface area contributed by atoms with Crippen molar-refractivity contribution < 1.29 is 13.5 Å². The molecule has 0 saturated heterocycles. The van der Waals surface area contributed by atoms with Crippen LogP contribution in [0.3, 0.4) is 0 Å². The first kappa shape index (κ1) is 16.2. The predicted octanol–water partition coefficient (Wildman–Crippen LogP) is 1.11. The Morgan fingerprint density at radius 3 is 2.71 bits per heavy atom. The summed E-state index contributed by atoms with van der Waals surface area (Å²) in [6.07, 6.45) is 3.84. The molecule has 0 aromatic heterocycles. The largest absolute Gasteiger partial charge is 0.395 e. The molecule has 1 saturated carbocycles. The number of aliphatic hydroxyl groups excluding tert-OH is 1. The van der Waals surface area contributed by atoms with Crippen LogP contribution in [0.2, 0.25) is 0 Å². The molecule has 1 aliphatic rings. The lowest BCUT2D eigenvalue weighted by atomic mass is 10.2. The number of rotatable bonds is 9. The molecule has 0 radical (unpaired) electrons. The number of nitrogens with zero attached hydrogens (tertiary/aromatic N) is 1. The van der Waals surface area contributed by atoms with E-state index < -0.39 is 10.0 Å². The van der Waals surface area contributed by atoms with Gasteiger partial charge in [-0.15, -0.1) is 6.58 Å². The van der Waals surface area contributed by atoms with Crippen LogP contribution >= 0.6 is 0 Å². The van der Waals surface area contributed by atoms with Gasteiger partial charge in [0.2, 0.25) is 10.0 Å². The van der Waals surface area contributed by atoms with E-state index in [2.05, 4.69) is 11.9 Å². The van der Waals surface area contributed by atoms with Gasteiger partial charge in [-0.2, -0.15) is 4.31 Å². The van der Waals surface area contributed by atoms with Crippen molar-refractivity contribution >= 4 is 10.0 Å². The van der Waals surface area contributed by atoms with Gasteiger partial charge in [-0.25, -0.2) is 8.42 Å². The molecular formula is C15H22N2O3S. The maximum atomic E-state index is 12.7. The molecule has 1 aliphatic carbocycles. The van der Waals surface area contributed by atoms with Crippen molar-refractivity contribution in [2.24, 2.45) is 0 Å². The zero-order chi connectivity index (χ0) is 15.3. The van der Waals surface area contributed by atoms with Gasteiger partial charge in [-0.1, -0.05) is 24.3 Å². The van der Waals surface area contributed by atoms with E-state index in [0.29, 0.717) is 17.5 Å². The fourth-order valence-electron chi connectivity index (χ4n) is 2.15. The minimum absolute atomic E-state index is 0.0682. The first-order valence-electron chi connectivity index (χ1n) is 7.12. The third kappa shape index (κ3) is 4.14. The summed E-state index contributed by atoms with van der Waals surface area (Å²) < 4.78 is 26.7. The van der Waals surface area contributed by atoms with Gasteiger partial charge in [0, 0.05) is 25.7 Å². The highest BCUT2D eigenvalue weighted by Crippen LogP contribution is 2.23. The fourth-order valence-corrected chi connectivity index (χ4v) is 3.77. The van der Waals surface area contributed by atoms with Crippen molar-refractivity contribution in [2.45, 2.75) is 30.3 Å². The van der Waals surface area contributed by atoms with E-state index in [1.165, 1.54) is 10.4 Å². The molecule has 0 atom stereocenters. The van der Waals surface area contributed by atoms with Gasteiger partial charge in [0.1, 0.15) is 0 Å². The van der Waals surface area contributed by atoms with Crippen molar-refractivity contribution in [1.82, 2.24) is 9.62 Å². The topological polar surface area (TPSA) is 69.6 Å². The van der Waals surface area contributed by atoms with E-state index in [0.717, 1.165) is 18.4 Å². The van der Waals surface area contributed by atoms with Gasteiger partial charge in [0.05, 0.1) is 11.5 Å². The van der Waals surface area contributed by atoms with Crippen LogP contribution in [0, 0.1) is 0 Å². The molecule has 0 amide bonds. The minimum atomic E-state index is -3.62. The molecule has 6 heteroatoms. The van der Waals surface area contributed by atoms with Crippen LogP contribution < -0.4 is 5.32 Å². The van der Waals surface area contributed by atoms with Crippen LogP contribution in [0.1, 0.15) is 18.4 Å². The number of aliphatic hydroxyl groups is 1. The van der Waals surface area contributed by atoms with E-state index in [-0.39, 0.29) is 19.7 Å². The summed E-state index contributed by atoms with van der Waals surface area (Å²) in [6, 6.07) is 7.52. The Morgan fingerprint density at radius 2 is 2.10 bits per heavy atom. The Morgan fingerprint density at radius 1 is 1.38 bits per heavy atom. The van der Waals surface area contributed by atoms with E-state index in [4.69, 9.17) is 5.11 Å². The predicted molar refractivity (Wildman–Crippen MR) is 82.3 cm³/mol. The van der Waals surface area contributed by atoms with E-state index >= 15 is 0 Å². The number of hydrogen-bond donors (Lipinski definition) is 2. The monoisotopic (exact) mass is 310 g/mol. The van der Waals surface area contributed by atoms with Crippen molar-refractivity contribution in [3.8, 4) is 0 Å². The van der Waals surface area contributed by atoms with E-state index in [9.17, 15) is 8.42 Å². The highest BCUT2D eigenvalue weighted by molar-refractivity contribution is 7.89. The summed E-state index contributed by atoms with van der Waals surface area (Å²) in [5.41, 5.74) is 0.761. The van der Waals surface area contributed by atoms with Gasteiger partial charge < -0.3 is 10.4 Å². The van der Waals surface area contributed by atoms with Crippen LogP contribution in [0.25, 0.3) is 0 Å². The van der Waals surface area contributed by atoms with Gasteiger partial charge in [0.25, 0.3) is 0 Å². The maximum Gasteiger partial charge on any atom is 0.243 e. The first-order chi connectivity index (χ1) is 10.1. The fraction of sp³-hybridized carbons (Fsp3) is 0.467. The van der Waals surface area contributed by atoms with Gasteiger partial charge in [0.15, 0.2) is 0 Å². The smallest absolute Gasteiger partial charge is 0.243 e. The summed E-state index contributed by atoms with van der Waals surface area (Å²) in [7, 11) is -3.62. The molecule has 0 spiro atoms. The normalized spacial score (nSPS) is 15.3. The third-order valence-corrected chi connectivity index (χ3v) is 5.40. The summed E-state index contributed by atoms with van der Waals surface area (Å²) in [6.45, 7) is 4.17. The van der Waals surface area contributed by atoms with E-state index in [1.807, 2.05) is 12.1 Å². The zero-order valence-corrected chi connectivity index (χ0v) is 12.8. The molecule has 0 bridgehead atoms. The molecule has 0 aliphatic heterocycles. The second kappa shape index (κ2) is 7.17. The Hall–Kier alpha value is -1.21. The molecule has 21 heavy (non-hydrogen) atoms.